The molecule has 2 aliphatic rings. The largest absolute Gasteiger partial charge is 0.396 e. The van der Waals surface area contributed by atoms with Crippen LogP contribution in [-0.4, -0.2) is 35.6 Å². The van der Waals surface area contributed by atoms with Crippen LogP contribution in [0, 0.1) is 17.8 Å². The molecule has 1 saturated heterocycles. The Kier molecular flexibility index (Phi) is 2.34. The minimum Gasteiger partial charge on any atom is -0.396 e. The SMILES string of the molecule is C[C@@H]1CC[C@H](C2(CO)CO2)[C@@H]1CO. The Labute approximate surface area is 78.7 Å². The topological polar surface area (TPSA) is 53.0 Å². The molecule has 0 spiro atoms. The number of ether oxygens (including phenoxy) is 1. The monoisotopic (exact) mass is 186 g/mol. The van der Waals surface area contributed by atoms with E-state index < -0.39 is 0 Å². The molecule has 1 aliphatic heterocycles. The van der Waals surface area contributed by atoms with Gasteiger partial charge in [0.1, 0.15) is 5.60 Å². The van der Waals surface area contributed by atoms with Gasteiger partial charge in [0.05, 0.1) is 13.2 Å². The summed E-state index contributed by atoms with van der Waals surface area (Å²) >= 11 is 0. The van der Waals surface area contributed by atoms with E-state index in [-0.39, 0.29) is 18.8 Å². The molecule has 13 heavy (non-hydrogen) atoms. The average molecular weight is 186 g/mol. The van der Waals surface area contributed by atoms with Crippen LogP contribution in [0.4, 0.5) is 0 Å². The van der Waals surface area contributed by atoms with Crippen LogP contribution < -0.4 is 0 Å². The molecule has 1 unspecified atom stereocenters. The molecule has 2 rings (SSSR count). The lowest BCUT2D eigenvalue weighted by atomic mass is 9.82. The molecule has 2 N–H and O–H groups in total. The zero-order valence-corrected chi connectivity index (χ0v) is 8.07. The lowest BCUT2D eigenvalue weighted by Gasteiger charge is -2.25. The molecule has 1 heterocycles. The summed E-state index contributed by atoms with van der Waals surface area (Å²) in [5, 5.41) is 18.5. The van der Waals surface area contributed by atoms with Crippen LogP contribution in [0.25, 0.3) is 0 Å². The molecular weight excluding hydrogens is 168 g/mol. The number of hydrogen-bond donors (Lipinski definition) is 2. The Morgan fingerprint density at radius 1 is 1.38 bits per heavy atom. The predicted molar refractivity (Wildman–Crippen MR) is 48.2 cm³/mol. The Bertz CT molecular complexity index is 189. The molecule has 2 fully saturated rings. The van der Waals surface area contributed by atoms with Crippen molar-refractivity contribution in [3.8, 4) is 0 Å². The highest BCUT2D eigenvalue weighted by Gasteiger charge is 2.56. The molecule has 0 bridgehead atoms. The van der Waals surface area contributed by atoms with Crippen LogP contribution >= 0.6 is 0 Å². The van der Waals surface area contributed by atoms with E-state index in [0.717, 1.165) is 12.8 Å². The fraction of sp³-hybridized carbons (Fsp3) is 1.00. The molecule has 0 aromatic rings. The summed E-state index contributed by atoms with van der Waals surface area (Å²) in [4.78, 5) is 0. The first-order valence-electron chi connectivity index (χ1n) is 5.09. The van der Waals surface area contributed by atoms with Gasteiger partial charge in [-0.1, -0.05) is 6.92 Å². The summed E-state index contributed by atoms with van der Waals surface area (Å²) in [6.07, 6.45) is 2.24. The van der Waals surface area contributed by atoms with Crippen molar-refractivity contribution in [3.63, 3.8) is 0 Å². The molecule has 3 nitrogen and oxygen atoms in total. The third-order valence-corrected chi connectivity index (χ3v) is 3.85. The average Bonchev–Trinajstić information content (AvgIpc) is 2.85. The van der Waals surface area contributed by atoms with Crippen molar-refractivity contribution in [2.45, 2.75) is 25.4 Å². The number of aliphatic hydroxyl groups excluding tert-OH is 2. The summed E-state index contributed by atoms with van der Waals surface area (Å²) in [6, 6.07) is 0. The third kappa shape index (κ3) is 1.39. The summed E-state index contributed by atoms with van der Waals surface area (Å²) in [5.41, 5.74) is -0.280. The third-order valence-electron chi connectivity index (χ3n) is 3.85. The summed E-state index contributed by atoms with van der Waals surface area (Å²) in [5.74, 6) is 1.27. The first-order chi connectivity index (χ1) is 6.23. The van der Waals surface area contributed by atoms with E-state index in [4.69, 9.17) is 4.74 Å². The first kappa shape index (κ1) is 9.44. The molecule has 0 amide bonds. The maximum Gasteiger partial charge on any atom is 0.118 e. The van der Waals surface area contributed by atoms with Crippen molar-refractivity contribution in [2.75, 3.05) is 19.8 Å². The molecule has 4 atom stereocenters. The zero-order valence-electron chi connectivity index (χ0n) is 8.07. The Morgan fingerprint density at radius 2 is 2.08 bits per heavy atom. The van der Waals surface area contributed by atoms with Crippen LogP contribution in [0.15, 0.2) is 0 Å². The molecule has 76 valence electrons. The molecule has 0 aromatic heterocycles. The minimum absolute atomic E-state index is 0.112. The van der Waals surface area contributed by atoms with Gasteiger partial charge in [0.15, 0.2) is 0 Å². The van der Waals surface area contributed by atoms with Gasteiger partial charge in [-0.25, -0.2) is 0 Å². The lowest BCUT2D eigenvalue weighted by molar-refractivity contribution is 0.0691. The fourth-order valence-electron chi connectivity index (χ4n) is 2.74. The van der Waals surface area contributed by atoms with E-state index >= 15 is 0 Å². The minimum atomic E-state index is -0.280. The van der Waals surface area contributed by atoms with E-state index in [1.165, 1.54) is 0 Å². The van der Waals surface area contributed by atoms with Gasteiger partial charge in [-0.05, 0) is 30.6 Å². The van der Waals surface area contributed by atoms with Crippen molar-refractivity contribution in [3.05, 3.63) is 0 Å². The van der Waals surface area contributed by atoms with Crippen molar-refractivity contribution in [1.29, 1.82) is 0 Å². The van der Waals surface area contributed by atoms with Gasteiger partial charge < -0.3 is 14.9 Å². The van der Waals surface area contributed by atoms with E-state index in [1.54, 1.807) is 0 Å². The lowest BCUT2D eigenvalue weighted by Crippen LogP contribution is -2.34. The number of hydrogen-bond acceptors (Lipinski definition) is 3. The standard InChI is InChI=1S/C10H18O3/c1-7-2-3-9(8(7)4-11)10(5-12)6-13-10/h7-9,11-12H,2-6H2,1H3/t7-,8-,9+,10?/m1/s1. The second-order valence-corrected chi connectivity index (χ2v) is 4.52. The summed E-state index contributed by atoms with van der Waals surface area (Å²) in [6.45, 7) is 3.20. The van der Waals surface area contributed by atoms with Crippen LogP contribution in [0.1, 0.15) is 19.8 Å². The van der Waals surface area contributed by atoms with Gasteiger partial charge in [0, 0.05) is 6.61 Å². The maximum absolute atomic E-state index is 9.26. The number of rotatable bonds is 3. The van der Waals surface area contributed by atoms with Crippen LogP contribution in [-0.2, 0) is 4.74 Å². The number of aliphatic hydroxyl groups is 2. The van der Waals surface area contributed by atoms with Gasteiger partial charge in [-0.15, -0.1) is 0 Å². The summed E-state index contributed by atoms with van der Waals surface area (Å²) in [7, 11) is 0. The number of epoxide rings is 1. The Hall–Kier alpha value is -0.120. The van der Waals surface area contributed by atoms with Crippen molar-refractivity contribution >= 4 is 0 Å². The molecule has 1 aliphatic carbocycles. The zero-order chi connectivity index (χ0) is 9.47. The molecule has 0 aromatic carbocycles. The van der Waals surface area contributed by atoms with Crippen LogP contribution in [0.5, 0.6) is 0 Å². The normalized spacial score (nSPS) is 49.6. The van der Waals surface area contributed by atoms with E-state index in [2.05, 4.69) is 6.92 Å². The molecule has 0 radical (unpaired) electrons. The molecular formula is C10H18O3. The molecule has 1 saturated carbocycles. The Morgan fingerprint density at radius 3 is 2.54 bits per heavy atom. The van der Waals surface area contributed by atoms with Crippen molar-refractivity contribution in [2.24, 2.45) is 17.8 Å². The highest BCUT2D eigenvalue weighted by Crippen LogP contribution is 2.49. The van der Waals surface area contributed by atoms with Gasteiger partial charge in [-0.3, -0.25) is 0 Å². The predicted octanol–water partition coefficient (Wildman–Crippen LogP) is 0.402. The maximum atomic E-state index is 9.26. The van der Waals surface area contributed by atoms with E-state index in [1.807, 2.05) is 0 Å². The van der Waals surface area contributed by atoms with Gasteiger partial charge in [-0.2, -0.15) is 0 Å². The van der Waals surface area contributed by atoms with Gasteiger partial charge in [0.2, 0.25) is 0 Å². The highest BCUT2D eigenvalue weighted by atomic mass is 16.6. The van der Waals surface area contributed by atoms with Crippen LogP contribution in [0.3, 0.4) is 0 Å². The second kappa shape index (κ2) is 3.23. The van der Waals surface area contributed by atoms with E-state index in [0.29, 0.717) is 24.4 Å². The van der Waals surface area contributed by atoms with Crippen molar-refractivity contribution in [1.82, 2.24) is 0 Å². The molecule has 3 heteroatoms. The van der Waals surface area contributed by atoms with Crippen LogP contribution in [0.2, 0.25) is 0 Å². The van der Waals surface area contributed by atoms with Gasteiger partial charge in [0.25, 0.3) is 0 Å². The fourth-order valence-corrected chi connectivity index (χ4v) is 2.74. The smallest absolute Gasteiger partial charge is 0.118 e. The van der Waals surface area contributed by atoms with E-state index in [9.17, 15) is 10.2 Å². The quantitative estimate of drug-likeness (QED) is 0.627. The summed E-state index contributed by atoms with van der Waals surface area (Å²) < 4.78 is 5.35. The Balaban J connectivity index is 2.07. The van der Waals surface area contributed by atoms with Gasteiger partial charge >= 0.3 is 0 Å². The highest BCUT2D eigenvalue weighted by molar-refractivity contribution is 5.03. The van der Waals surface area contributed by atoms with Crippen molar-refractivity contribution < 1.29 is 14.9 Å². The second-order valence-electron chi connectivity index (χ2n) is 4.52. The first-order valence-corrected chi connectivity index (χ1v) is 5.09.